The molecule has 0 radical (unpaired) electrons. The predicted octanol–water partition coefficient (Wildman–Crippen LogP) is 2.44. The highest BCUT2D eigenvalue weighted by atomic mass is 16.5. The molecule has 7 heteroatoms. The lowest BCUT2D eigenvalue weighted by molar-refractivity contribution is -0.136. The summed E-state index contributed by atoms with van der Waals surface area (Å²) in [5.41, 5.74) is 1.12. The Labute approximate surface area is 172 Å². The molecule has 4 rings (SSSR count). The molecule has 0 bridgehead atoms. The number of hydrogen-bond donors (Lipinski definition) is 0. The van der Waals surface area contributed by atoms with Gasteiger partial charge in [0, 0.05) is 57.6 Å². The van der Waals surface area contributed by atoms with E-state index in [4.69, 9.17) is 4.74 Å². The molecule has 0 saturated carbocycles. The van der Waals surface area contributed by atoms with Crippen molar-refractivity contribution in [2.24, 2.45) is 5.92 Å². The van der Waals surface area contributed by atoms with Gasteiger partial charge in [0.15, 0.2) is 0 Å². The van der Waals surface area contributed by atoms with Crippen LogP contribution in [0, 0.1) is 5.92 Å². The quantitative estimate of drug-likeness (QED) is 0.775. The standard InChI is InChI=1S/C22H29N5O2/c1-2-29-20-6-4-3-5-19(20)25-13-15-27(16-14-25)22(28)18-7-11-26(12-8-18)21-17-23-9-10-24-21/h3-6,9-10,17-18H,2,7-8,11-16H2,1H3. The van der Waals surface area contributed by atoms with Crippen LogP contribution >= 0.6 is 0 Å². The maximum atomic E-state index is 13.0. The third-order valence-corrected chi connectivity index (χ3v) is 5.81. The Morgan fingerprint density at radius 3 is 2.48 bits per heavy atom. The molecular formula is C22H29N5O2. The van der Waals surface area contributed by atoms with Gasteiger partial charge < -0.3 is 19.4 Å². The molecule has 2 aromatic rings. The van der Waals surface area contributed by atoms with Crippen molar-refractivity contribution < 1.29 is 9.53 Å². The summed E-state index contributed by atoms with van der Waals surface area (Å²) in [6.45, 7) is 7.59. The van der Waals surface area contributed by atoms with Crippen LogP contribution < -0.4 is 14.5 Å². The number of amides is 1. The third kappa shape index (κ3) is 4.44. The summed E-state index contributed by atoms with van der Waals surface area (Å²) < 4.78 is 5.77. The van der Waals surface area contributed by atoms with Crippen molar-refractivity contribution in [2.75, 3.05) is 55.7 Å². The van der Waals surface area contributed by atoms with Crippen LogP contribution in [0.1, 0.15) is 19.8 Å². The molecule has 0 spiro atoms. The number of anilines is 2. The highest BCUT2D eigenvalue weighted by molar-refractivity contribution is 5.79. The number of piperazine rings is 1. The van der Waals surface area contributed by atoms with E-state index in [1.807, 2.05) is 30.0 Å². The van der Waals surface area contributed by atoms with Crippen molar-refractivity contribution in [3.05, 3.63) is 42.9 Å². The number of carbonyl (C=O) groups excluding carboxylic acids is 1. The first kappa shape index (κ1) is 19.5. The fourth-order valence-electron chi connectivity index (χ4n) is 4.23. The van der Waals surface area contributed by atoms with E-state index in [9.17, 15) is 4.79 Å². The Morgan fingerprint density at radius 2 is 1.79 bits per heavy atom. The second kappa shape index (κ2) is 9.11. The lowest BCUT2D eigenvalue weighted by Crippen LogP contribution is -2.51. The van der Waals surface area contributed by atoms with Gasteiger partial charge in [-0.2, -0.15) is 0 Å². The Hall–Kier alpha value is -2.83. The summed E-state index contributed by atoms with van der Waals surface area (Å²) in [6, 6.07) is 8.16. The summed E-state index contributed by atoms with van der Waals surface area (Å²) in [7, 11) is 0. The van der Waals surface area contributed by atoms with Gasteiger partial charge in [-0.05, 0) is 31.9 Å². The average molecular weight is 396 g/mol. The molecule has 0 aliphatic carbocycles. The summed E-state index contributed by atoms with van der Waals surface area (Å²) in [5, 5.41) is 0. The van der Waals surface area contributed by atoms with Crippen molar-refractivity contribution in [3.8, 4) is 5.75 Å². The van der Waals surface area contributed by atoms with Crippen molar-refractivity contribution in [1.82, 2.24) is 14.9 Å². The van der Waals surface area contributed by atoms with Crippen LogP contribution in [0.15, 0.2) is 42.9 Å². The van der Waals surface area contributed by atoms with E-state index >= 15 is 0 Å². The minimum Gasteiger partial charge on any atom is -0.492 e. The number of para-hydroxylation sites is 2. The number of hydrogen-bond acceptors (Lipinski definition) is 6. The number of ether oxygens (including phenoxy) is 1. The predicted molar refractivity (Wildman–Crippen MR) is 113 cm³/mol. The molecule has 1 amide bonds. The van der Waals surface area contributed by atoms with Crippen molar-refractivity contribution in [1.29, 1.82) is 0 Å². The van der Waals surface area contributed by atoms with Gasteiger partial charge in [-0.15, -0.1) is 0 Å². The first-order chi connectivity index (χ1) is 14.3. The van der Waals surface area contributed by atoms with E-state index in [0.717, 1.165) is 69.4 Å². The van der Waals surface area contributed by atoms with Crippen LogP contribution in [-0.2, 0) is 4.79 Å². The molecule has 7 nitrogen and oxygen atoms in total. The Kier molecular flexibility index (Phi) is 6.12. The molecule has 0 atom stereocenters. The first-order valence-corrected chi connectivity index (χ1v) is 10.5. The van der Waals surface area contributed by atoms with Crippen molar-refractivity contribution in [3.63, 3.8) is 0 Å². The second-order valence-corrected chi connectivity index (χ2v) is 7.54. The molecular weight excluding hydrogens is 366 g/mol. The molecule has 154 valence electrons. The lowest BCUT2D eigenvalue weighted by atomic mass is 9.95. The molecule has 0 N–H and O–H groups in total. The number of benzene rings is 1. The minimum atomic E-state index is 0.116. The fourth-order valence-corrected chi connectivity index (χ4v) is 4.23. The van der Waals surface area contributed by atoms with Gasteiger partial charge in [-0.3, -0.25) is 9.78 Å². The van der Waals surface area contributed by atoms with Crippen LogP contribution in [0.5, 0.6) is 5.75 Å². The fraction of sp³-hybridized carbons (Fsp3) is 0.500. The number of nitrogens with zero attached hydrogens (tertiary/aromatic N) is 5. The zero-order valence-corrected chi connectivity index (χ0v) is 17.0. The Morgan fingerprint density at radius 1 is 1.03 bits per heavy atom. The Balaban J connectivity index is 1.30. The van der Waals surface area contributed by atoms with E-state index in [-0.39, 0.29) is 5.92 Å². The second-order valence-electron chi connectivity index (χ2n) is 7.54. The van der Waals surface area contributed by atoms with Gasteiger partial charge in [0.05, 0.1) is 18.5 Å². The topological polar surface area (TPSA) is 61.8 Å². The monoisotopic (exact) mass is 395 g/mol. The van der Waals surface area contributed by atoms with Crippen LogP contribution in [-0.4, -0.2) is 66.7 Å². The first-order valence-electron chi connectivity index (χ1n) is 10.5. The van der Waals surface area contributed by atoms with Gasteiger partial charge in [0.1, 0.15) is 11.6 Å². The highest BCUT2D eigenvalue weighted by Crippen LogP contribution is 2.29. The average Bonchev–Trinajstić information content (AvgIpc) is 2.80. The molecule has 2 aliphatic heterocycles. The molecule has 2 fully saturated rings. The Bertz CT molecular complexity index is 800. The lowest BCUT2D eigenvalue weighted by Gasteiger charge is -2.39. The van der Waals surface area contributed by atoms with E-state index < -0.39 is 0 Å². The van der Waals surface area contributed by atoms with E-state index in [0.29, 0.717) is 12.5 Å². The summed E-state index contributed by atoms with van der Waals surface area (Å²) in [4.78, 5) is 28.2. The summed E-state index contributed by atoms with van der Waals surface area (Å²) >= 11 is 0. The number of aromatic nitrogens is 2. The normalized spacial score (nSPS) is 18.0. The summed E-state index contributed by atoms with van der Waals surface area (Å²) in [5.74, 6) is 2.25. The maximum absolute atomic E-state index is 13.0. The van der Waals surface area contributed by atoms with Gasteiger partial charge in [0.25, 0.3) is 0 Å². The van der Waals surface area contributed by atoms with Crippen LogP contribution in [0.2, 0.25) is 0 Å². The van der Waals surface area contributed by atoms with Crippen molar-refractivity contribution in [2.45, 2.75) is 19.8 Å². The third-order valence-electron chi connectivity index (χ3n) is 5.81. The van der Waals surface area contributed by atoms with Crippen LogP contribution in [0.4, 0.5) is 11.5 Å². The molecule has 29 heavy (non-hydrogen) atoms. The summed E-state index contributed by atoms with van der Waals surface area (Å²) in [6.07, 6.45) is 6.95. The minimum absolute atomic E-state index is 0.116. The largest absolute Gasteiger partial charge is 0.492 e. The number of rotatable bonds is 5. The maximum Gasteiger partial charge on any atom is 0.225 e. The zero-order chi connectivity index (χ0) is 20.1. The SMILES string of the molecule is CCOc1ccccc1N1CCN(C(=O)C2CCN(c3cnccn3)CC2)CC1. The molecule has 1 aromatic carbocycles. The van der Waals surface area contributed by atoms with Crippen LogP contribution in [0.25, 0.3) is 0 Å². The van der Waals surface area contributed by atoms with Gasteiger partial charge >= 0.3 is 0 Å². The molecule has 0 unspecified atom stereocenters. The number of piperidine rings is 1. The molecule has 2 saturated heterocycles. The van der Waals surface area contributed by atoms with Crippen LogP contribution in [0.3, 0.4) is 0 Å². The van der Waals surface area contributed by atoms with E-state index in [1.165, 1.54) is 0 Å². The van der Waals surface area contributed by atoms with Gasteiger partial charge in [-0.1, -0.05) is 12.1 Å². The van der Waals surface area contributed by atoms with E-state index in [1.54, 1.807) is 18.6 Å². The molecule has 3 heterocycles. The van der Waals surface area contributed by atoms with Gasteiger partial charge in [-0.25, -0.2) is 4.98 Å². The smallest absolute Gasteiger partial charge is 0.225 e. The van der Waals surface area contributed by atoms with E-state index in [2.05, 4.69) is 25.8 Å². The number of carbonyl (C=O) groups is 1. The zero-order valence-electron chi connectivity index (χ0n) is 17.0. The molecule has 2 aliphatic rings. The molecule has 1 aromatic heterocycles. The van der Waals surface area contributed by atoms with Gasteiger partial charge in [0.2, 0.25) is 5.91 Å². The van der Waals surface area contributed by atoms with Crippen molar-refractivity contribution >= 4 is 17.4 Å². The highest BCUT2D eigenvalue weighted by Gasteiger charge is 2.31.